The molecule has 0 saturated carbocycles. The SMILES string of the molecule is CCOC(=O)c1nn(CCOC(C)(C)C)cc1N. The third kappa shape index (κ3) is 4.37. The van der Waals surface area contributed by atoms with Crippen molar-refractivity contribution in [3.8, 4) is 0 Å². The molecule has 0 atom stereocenters. The number of esters is 1. The van der Waals surface area contributed by atoms with E-state index in [-0.39, 0.29) is 11.3 Å². The zero-order chi connectivity index (χ0) is 13.8. The Morgan fingerprint density at radius 2 is 2.17 bits per heavy atom. The minimum absolute atomic E-state index is 0.160. The highest BCUT2D eigenvalue weighted by atomic mass is 16.5. The van der Waals surface area contributed by atoms with E-state index in [1.165, 1.54) is 0 Å². The lowest BCUT2D eigenvalue weighted by atomic mass is 10.2. The normalized spacial score (nSPS) is 11.6. The topological polar surface area (TPSA) is 79.4 Å². The molecule has 0 aliphatic rings. The van der Waals surface area contributed by atoms with E-state index in [0.29, 0.717) is 25.4 Å². The molecule has 0 amide bonds. The number of nitrogens with zero attached hydrogens (tertiary/aromatic N) is 2. The summed E-state index contributed by atoms with van der Waals surface area (Å²) < 4.78 is 12.0. The maximum Gasteiger partial charge on any atom is 0.361 e. The van der Waals surface area contributed by atoms with Gasteiger partial charge in [-0.05, 0) is 27.7 Å². The molecule has 0 fully saturated rings. The number of carbonyl (C=O) groups is 1. The fourth-order valence-electron chi connectivity index (χ4n) is 1.35. The molecule has 6 heteroatoms. The molecule has 0 saturated heterocycles. The molecule has 0 radical (unpaired) electrons. The standard InChI is InChI=1S/C12H21N3O3/c1-5-17-11(16)10-9(13)8-15(14-10)6-7-18-12(2,3)4/h8H,5-7,13H2,1-4H3. The van der Waals surface area contributed by atoms with Crippen LogP contribution in [0, 0.1) is 0 Å². The molecule has 1 aromatic rings. The first-order valence-electron chi connectivity index (χ1n) is 5.97. The van der Waals surface area contributed by atoms with Gasteiger partial charge in [-0.3, -0.25) is 4.68 Å². The van der Waals surface area contributed by atoms with Gasteiger partial charge in [-0.1, -0.05) is 0 Å². The first-order valence-corrected chi connectivity index (χ1v) is 5.97. The van der Waals surface area contributed by atoms with E-state index in [0.717, 1.165) is 0 Å². The lowest BCUT2D eigenvalue weighted by Gasteiger charge is -2.19. The fourth-order valence-corrected chi connectivity index (χ4v) is 1.35. The Hall–Kier alpha value is -1.56. The lowest BCUT2D eigenvalue weighted by Crippen LogP contribution is -2.22. The van der Waals surface area contributed by atoms with Crippen molar-refractivity contribution in [1.29, 1.82) is 0 Å². The molecule has 2 N–H and O–H groups in total. The second-order valence-corrected chi connectivity index (χ2v) is 4.88. The van der Waals surface area contributed by atoms with Crippen molar-refractivity contribution in [3.05, 3.63) is 11.9 Å². The molecule has 1 heterocycles. The van der Waals surface area contributed by atoms with E-state index in [9.17, 15) is 4.79 Å². The first kappa shape index (κ1) is 14.5. The zero-order valence-electron chi connectivity index (χ0n) is 11.4. The number of carbonyl (C=O) groups excluding carboxylic acids is 1. The van der Waals surface area contributed by atoms with Crippen molar-refractivity contribution in [2.45, 2.75) is 39.8 Å². The van der Waals surface area contributed by atoms with Gasteiger partial charge < -0.3 is 15.2 Å². The number of hydrogen-bond donors (Lipinski definition) is 1. The van der Waals surface area contributed by atoms with Crippen LogP contribution in [-0.2, 0) is 16.0 Å². The Morgan fingerprint density at radius 3 is 2.72 bits per heavy atom. The second-order valence-electron chi connectivity index (χ2n) is 4.88. The summed E-state index contributed by atoms with van der Waals surface area (Å²) in [6.45, 7) is 9.03. The maximum absolute atomic E-state index is 11.5. The van der Waals surface area contributed by atoms with E-state index in [4.69, 9.17) is 15.2 Å². The summed E-state index contributed by atoms with van der Waals surface area (Å²) in [6, 6.07) is 0. The summed E-state index contributed by atoms with van der Waals surface area (Å²) in [7, 11) is 0. The molecular formula is C12H21N3O3. The third-order valence-corrected chi connectivity index (χ3v) is 2.11. The Balaban J connectivity index is 2.59. The maximum atomic E-state index is 11.5. The van der Waals surface area contributed by atoms with Crippen molar-refractivity contribution >= 4 is 11.7 Å². The van der Waals surface area contributed by atoms with Crippen LogP contribution in [0.5, 0.6) is 0 Å². The highest BCUT2D eigenvalue weighted by Gasteiger charge is 2.16. The molecule has 1 rings (SSSR count). The van der Waals surface area contributed by atoms with Crippen LogP contribution in [0.2, 0.25) is 0 Å². The van der Waals surface area contributed by atoms with Gasteiger partial charge >= 0.3 is 5.97 Å². The van der Waals surface area contributed by atoms with Crippen LogP contribution in [0.15, 0.2) is 6.20 Å². The molecule has 0 aromatic carbocycles. The van der Waals surface area contributed by atoms with Gasteiger partial charge in [0.2, 0.25) is 0 Å². The zero-order valence-corrected chi connectivity index (χ0v) is 11.4. The second kappa shape index (κ2) is 5.86. The van der Waals surface area contributed by atoms with Crippen LogP contribution in [0.1, 0.15) is 38.2 Å². The fraction of sp³-hybridized carbons (Fsp3) is 0.667. The largest absolute Gasteiger partial charge is 0.461 e. The highest BCUT2D eigenvalue weighted by molar-refractivity contribution is 5.92. The van der Waals surface area contributed by atoms with Crippen molar-refractivity contribution in [2.75, 3.05) is 18.9 Å². The number of ether oxygens (including phenoxy) is 2. The van der Waals surface area contributed by atoms with Crippen LogP contribution < -0.4 is 5.73 Å². The van der Waals surface area contributed by atoms with Gasteiger partial charge in [0.15, 0.2) is 5.69 Å². The van der Waals surface area contributed by atoms with Crippen LogP contribution in [0.4, 0.5) is 5.69 Å². The van der Waals surface area contributed by atoms with Crippen molar-refractivity contribution < 1.29 is 14.3 Å². The Bertz CT molecular complexity index is 407. The number of nitrogen functional groups attached to an aromatic ring is 1. The van der Waals surface area contributed by atoms with Gasteiger partial charge in [0, 0.05) is 6.20 Å². The van der Waals surface area contributed by atoms with Crippen molar-refractivity contribution in [3.63, 3.8) is 0 Å². The minimum atomic E-state index is -0.495. The molecule has 18 heavy (non-hydrogen) atoms. The Labute approximate surface area is 107 Å². The number of nitrogens with two attached hydrogens (primary N) is 1. The molecule has 0 unspecified atom stereocenters. The average molecular weight is 255 g/mol. The van der Waals surface area contributed by atoms with E-state index in [2.05, 4.69) is 5.10 Å². The first-order chi connectivity index (χ1) is 8.33. The summed E-state index contributed by atoms with van der Waals surface area (Å²) in [5, 5.41) is 4.09. The van der Waals surface area contributed by atoms with Crippen molar-refractivity contribution in [2.24, 2.45) is 0 Å². The van der Waals surface area contributed by atoms with Gasteiger partial charge in [-0.25, -0.2) is 4.79 Å². The number of anilines is 1. The van der Waals surface area contributed by atoms with E-state index < -0.39 is 5.97 Å². The predicted molar refractivity (Wildman–Crippen MR) is 68.3 cm³/mol. The van der Waals surface area contributed by atoms with Crippen LogP contribution in [0.25, 0.3) is 0 Å². The molecule has 102 valence electrons. The molecular weight excluding hydrogens is 234 g/mol. The Kier molecular flexibility index (Phi) is 4.72. The molecule has 1 aromatic heterocycles. The summed E-state index contributed by atoms with van der Waals surface area (Å²) >= 11 is 0. The van der Waals surface area contributed by atoms with Gasteiger partial charge in [-0.15, -0.1) is 0 Å². The third-order valence-electron chi connectivity index (χ3n) is 2.11. The van der Waals surface area contributed by atoms with Gasteiger partial charge in [-0.2, -0.15) is 5.10 Å². The lowest BCUT2D eigenvalue weighted by molar-refractivity contribution is -0.00798. The number of aromatic nitrogens is 2. The molecule has 0 aliphatic heterocycles. The smallest absolute Gasteiger partial charge is 0.361 e. The van der Waals surface area contributed by atoms with Crippen molar-refractivity contribution in [1.82, 2.24) is 9.78 Å². The van der Waals surface area contributed by atoms with Gasteiger partial charge in [0.05, 0.1) is 31.0 Å². The van der Waals surface area contributed by atoms with Crippen LogP contribution in [-0.4, -0.2) is 34.6 Å². The Morgan fingerprint density at radius 1 is 1.50 bits per heavy atom. The number of rotatable bonds is 5. The summed E-state index contributed by atoms with van der Waals surface area (Å²) in [6.07, 6.45) is 1.61. The summed E-state index contributed by atoms with van der Waals surface area (Å²) in [5.41, 5.74) is 6.00. The summed E-state index contributed by atoms with van der Waals surface area (Å²) in [5.74, 6) is -0.495. The van der Waals surface area contributed by atoms with E-state index >= 15 is 0 Å². The van der Waals surface area contributed by atoms with Gasteiger partial charge in [0.25, 0.3) is 0 Å². The van der Waals surface area contributed by atoms with Crippen LogP contribution in [0.3, 0.4) is 0 Å². The number of hydrogen-bond acceptors (Lipinski definition) is 5. The molecule has 6 nitrogen and oxygen atoms in total. The van der Waals surface area contributed by atoms with Crippen LogP contribution >= 0.6 is 0 Å². The molecule has 0 spiro atoms. The average Bonchev–Trinajstić information content (AvgIpc) is 2.58. The van der Waals surface area contributed by atoms with E-state index in [1.807, 2.05) is 20.8 Å². The predicted octanol–water partition coefficient (Wildman–Crippen LogP) is 1.46. The van der Waals surface area contributed by atoms with E-state index in [1.54, 1.807) is 17.8 Å². The molecule has 0 bridgehead atoms. The van der Waals surface area contributed by atoms with Gasteiger partial charge in [0.1, 0.15) is 0 Å². The highest BCUT2D eigenvalue weighted by Crippen LogP contribution is 2.11. The molecule has 0 aliphatic carbocycles. The quantitative estimate of drug-likeness (QED) is 0.806. The summed E-state index contributed by atoms with van der Waals surface area (Å²) in [4.78, 5) is 11.5. The monoisotopic (exact) mass is 255 g/mol. The minimum Gasteiger partial charge on any atom is -0.461 e.